The van der Waals surface area contributed by atoms with Crippen LogP contribution < -0.4 is 5.56 Å². The van der Waals surface area contributed by atoms with Gasteiger partial charge in [-0.3, -0.25) is 4.79 Å². The Hall–Kier alpha value is -2.09. The molecule has 0 aliphatic rings. The summed E-state index contributed by atoms with van der Waals surface area (Å²) in [5.41, 5.74) is 1.15. The van der Waals surface area contributed by atoms with Gasteiger partial charge in [0.05, 0.1) is 0 Å². The Morgan fingerprint density at radius 2 is 2.12 bits per heavy atom. The van der Waals surface area contributed by atoms with Crippen LogP contribution in [0.15, 0.2) is 16.0 Å². The molecular weight excluding hydrogens is 204 g/mol. The van der Waals surface area contributed by atoms with Crippen molar-refractivity contribution in [2.75, 3.05) is 14.1 Å². The van der Waals surface area contributed by atoms with Crippen LogP contribution in [0, 0.1) is 25.2 Å². The highest BCUT2D eigenvalue weighted by Crippen LogP contribution is 2.04. The molecule has 0 bridgehead atoms. The van der Waals surface area contributed by atoms with Gasteiger partial charge in [-0.25, -0.2) is 0 Å². The first-order chi connectivity index (χ1) is 7.47. The van der Waals surface area contributed by atoms with Crippen LogP contribution in [-0.2, 0) is 0 Å². The largest absolute Gasteiger partial charge is 0.367 e. The number of nitrogens with zero attached hydrogens (tertiary/aromatic N) is 4. The van der Waals surface area contributed by atoms with Crippen LogP contribution in [0.1, 0.15) is 16.8 Å². The molecule has 0 spiro atoms. The van der Waals surface area contributed by atoms with Gasteiger partial charge in [0.25, 0.3) is 5.56 Å². The topological polar surface area (TPSA) is 61.4 Å². The molecule has 0 radical (unpaired) electrons. The second kappa shape index (κ2) is 4.62. The smallest absolute Gasteiger partial charge is 0.289 e. The highest BCUT2D eigenvalue weighted by atomic mass is 16.1. The van der Waals surface area contributed by atoms with Crippen molar-refractivity contribution in [3.05, 3.63) is 33.2 Å². The normalized spacial score (nSPS) is 10.4. The number of pyridine rings is 1. The molecule has 0 unspecified atom stereocenters. The molecule has 0 aliphatic carbocycles. The summed E-state index contributed by atoms with van der Waals surface area (Å²) in [5.74, 6) is 0. The monoisotopic (exact) mass is 218 g/mol. The van der Waals surface area contributed by atoms with Crippen LogP contribution in [0.4, 0.5) is 0 Å². The second-order valence-corrected chi connectivity index (χ2v) is 3.77. The zero-order valence-electron chi connectivity index (χ0n) is 9.85. The number of aromatic nitrogens is 1. The minimum absolute atomic E-state index is 0.140. The standard InChI is InChI=1S/C11H14N4O/c1-8-5-9(2)15(13-7-14(3)4)11(16)10(8)6-12/h5,7H,1-4H3/b13-7+. The third-order valence-electron chi connectivity index (χ3n) is 2.07. The summed E-state index contributed by atoms with van der Waals surface area (Å²) in [7, 11) is 3.62. The van der Waals surface area contributed by atoms with Crippen LogP contribution in [0.3, 0.4) is 0 Å². The Bertz CT molecular complexity index is 520. The number of nitriles is 1. The van der Waals surface area contributed by atoms with E-state index in [1.807, 2.05) is 20.2 Å². The van der Waals surface area contributed by atoms with Crippen molar-refractivity contribution < 1.29 is 0 Å². The van der Waals surface area contributed by atoms with Crippen LogP contribution in [0.5, 0.6) is 0 Å². The van der Waals surface area contributed by atoms with Gasteiger partial charge in [-0.2, -0.15) is 15.0 Å². The molecule has 16 heavy (non-hydrogen) atoms. The van der Waals surface area contributed by atoms with Gasteiger partial charge in [-0.05, 0) is 25.5 Å². The van der Waals surface area contributed by atoms with E-state index in [1.54, 1.807) is 24.8 Å². The molecule has 0 amide bonds. The zero-order valence-corrected chi connectivity index (χ0v) is 9.85. The van der Waals surface area contributed by atoms with Crippen molar-refractivity contribution in [1.82, 2.24) is 9.58 Å². The van der Waals surface area contributed by atoms with Gasteiger partial charge in [0, 0.05) is 19.8 Å². The fourth-order valence-corrected chi connectivity index (χ4v) is 1.32. The summed E-state index contributed by atoms with van der Waals surface area (Å²) < 4.78 is 1.23. The lowest BCUT2D eigenvalue weighted by Gasteiger charge is -2.08. The fourth-order valence-electron chi connectivity index (χ4n) is 1.32. The lowest BCUT2D eigenvalue weighted by atomic mass is 10.1. The van der Waals surface area contributed by atoms with Gasteiger partial charge in [0.15, 0.2) is 0 Å². The molecule has 5 heteroatoms. The maximum Gasteiger partial charge on any atom is 0.289 e. The molecular formula is C11H14N4O. The molecule has 0 saturated heterocycles. The van der Waals surface area contributed by atoms with Gasteiger partial charge in [-0.15, -0.1) is 0 Å². The molecule has 0 fully saturated rings. The lowest BCUT2D eigenvalue weighted by molar-refractivity contribution is 0.627. The Labute approximate surface area is 94.2 Å². The van der Waals surface area contributed by atoms with Crippen molar-refractivity contribution in [1.29, 1.82) is 5.26 Å². The Kier molecular flexibility index (Phi) is 3.46. The first-order valence-electron chi connectivity index (χ1n) is 4.81. The fraction of sp³-hybridized carbons (Fsp3) is 0.364. The van der Waals surface area contributed by atoms with E-state index < -0.39 is 0 Å². The number of hydrogen-bond donors (Lipinski definition) is 0. The molecule has 0 N–H and O–H groups in total. The van der Waals surface area contributed by atoms with Gasteiger partial charge in [-0.1, -0.05) is 0 Å². The van der Waals surface area contributed by atoms with Gasteiger partial charge in [0.1, 0.15) is 18.0 Å². The summed E-state index contributed by atoms with van der Waals surface area (Å²) in [6.07, 6.45) is 1.52. The van der Waals surface area contributed by atoms with Gasteiger partial charge < -0.3 is 4.90 Å². The van der Waals surface area contributed by atoms with E-state index in [-0.39, 0.29) is 11.1 Å². The lowest BCUT2D eigenvalue weighted by Crippen LogP contribution is -2.24. The quantitative estimate of drug-likeness (QED) is 0.542. The summed E-state index contributed by atoms with van der Waals surface area (Å²) >= 11 is 0. The molecule has 1 rings (SSSR count). The summed E-state index contributed by atoms with van der Waals surface area (Å²) in [6, 6.07) is 3.67. The van der Waals surface area contributed by atoms with Crippen LogP contribution in [0.25, 0.3) is 0 Å². The van der Waals surface area contributed by atoms with E-state index in [4.69, 9.17) is 5.26 Å². The zero-order chi connectivity index (χ0) is 12.3. The van der Waals surface area contributed by atoms with Crippen molar-refractivity contribution >= 4 is 6.34 Å². The molecule has 0 aromatic carbocycles. The Morgan fingerprint density at radius 1 is 1.50 bits per heavy atom. The van der Waals surface area contributed by atoms with Crippen LogP contribution in [-0.4, -0.2) is 30.0 Å². The summed E-state index contributed by atoms with van der Waals surface area (Å²) in [6.45, 7) is 3.52. The minimum atomic E-state index is -0.377. The van der Waals surface area contributed by atoms with Crippen molar-refractivity contribution in [3.63, 3.8) is 0 Å². The molecule has 1 aromatic rings. The first kappa shape index (κ1) is 12.0. The van der Waals surface area contributed by atoms with E-state index >= 15 is 0 Å². The predicted molar refractivity (Wildman–Crippen MR) is 62.5 cm³/mol. The highest BCUT2D eigenvalue weighted by molar-refractivity contribution is 5.53. The molecule has 5 nitrogen and oxygen atoms in total. The number of hydrogen-bond acceptors (Lipinski definition) is 3. The van der Waals surface area contributed by atoms with E-state index in [0.29, 0.717) is 11.3 Å². The third kappa shape index (κ3) is 2.28. The molecule has 84 valence electrons. The first-order valence-corrected chi connectivity index (χ1v) is 4.81. The van der Waals surface area contributed by atoms with Gasteiger partial charge >= 0.3 is 0 Å². The van der Waals surface area contributed by atoms with Crippen LogP contribution in [0.2, 0.25) is 0 Å². The minimum Gasteiger partial charge on any atom is -0.367 e. The van der Waals surface area contributed by atoms with E-state index in [2.05, 4.69) is 5.10 Å². The molecule has 1 heterocycles. The van der Waals surface area contributed by atoms with Crippen LogP contribution >= 0.6 is 0 Å². The maximum absolute atomic E-state index is 11.9. The van der Waals surface area contributed by atoms with Crippen molar-refractivity contribution in [2.45, 2.75) is 13.8 Å². The third-order valence-corrected chi connectivity index (χ3v) is 2.07. The average molecular weight is 218 g/mol. The Morgan fingerprint density at radius 3 is 2.62 bits per heavy atom. The van der Waals surface area contributed by atoms with E-state index in [0.717, 1.165) is 0 Å². The summed E-state index contributed by atoms with van der Waals surface area (Å²) in [5, 5.41) is 12.9. The molecule has 1 aromatic heterocycles. The SMILES string of the molecule is Cc1cc(C)n(/N=C/N(C)C)c(=O)c1C#N. The van der Waals surface area contributed by atoms with Gasteiger partial charge in [0.2, 0.25) is 0 Å². The van der Waals surface area contributed by atoms with Crippen molar-refractivity contribution in [3.8, 4) is 6.07 Å². The van der Waals surface area contributed by atoms with E-state index in [1.165, 1.54) is 11.0 Å². The molecule has 0 atom stereocenters. The maximum atomic E-state index is 11.9. The predicted octanol–water partition coefficient (Wildman–Crippen LogP) is 0.690. The van der Waals surface area contributed by atoms with Crippen molar-refractivity contribution in [2.24, 2.45) is 5.10 Å². The number of aryl methyl sites for hydroxylation is 2. The average Bonchev–Trinajstić information content (AvgIpc) is 2.16. The van der Waals surface area contributed by atoms with E-state index in [9.17, 15) is 4.79 Å². The summed E-state index contributed by atoms with van der Waals surface area (Å²) in [4.78, 5) is 13.6. The Balaban J connectivity index is 3.42. The number of rotatable bonds is 2. The highest BCUT2D eigenvalue weighted by Gasteiger charge is 2.08. The molecule has 0 aliphatic heterocycles. The second-order valence-electron chi connectivity index (χ2n) is 3.77. The molecule has 0 saturated carbocycles.